The van der Waals surface area contributed by atoms with Crippen molar-refractivity contribution < 1.29 is 82.8 Å². The second kappa shape index (κ2) is 15.7. The summed E-state index contributed by atoms with van der Waals surface area (Å²) in [6.07, 6.45) is 0. The molecular formula is C28H28F8N2O10S2. The minimum atomic E-state index is -7.35. The molecule has 0 saturated heterocycles. The highest BCUT2D eigenvalue weighted by Gasteiger charge is 2.84. The van der Waals surface area contributed by atoms with Gasteiger partial charge < -0.3 is 29.6 Å². The van der Waals surface area contributed by atoms with Crippen LogP contribution in [0.4, 0.5) is 45.1 Å². The smallest absolute Gasteiger partial charge is 0.393 e. The highest BCUT2D eigenvalue weighted by molar-refractivity contribution is 7.19. The molecule has 2 aromatic rings. The Bertz CT molecular complexity index is 1550. The maximum Gasteiger partial charge on any atom is 0.393 e. The zero-order valence-corrected chi connectivity index (χ0v) is 28.4. The number of rotatable bonds is 15. The van der Waals surface area contributed by atoms with E-state index in [0.29, 0.717) is 0 Å². The predicted octanol–water partition coefficient (Wildman–Crippen LogP) is 6.25. The van der Waals surface area contributed by atoms with Gasteiger partial charge in [0.15, 0.2) is 0 Å². The van der Waals surface area contributed by atoms with Crippen molar-refractivity contribution in [1.82, 2.24) is 0 Å². The highest BCUT2D eigenvalue weighted by Crippen LogP contribution is 2.53. The average molecular weight is 769 g/mol. The molecule has 22 heteroatoms. The molecule has 2 heterocycles. The Morgan fingerprint density at radius 3 is 1.04 bits per heavy atom. The van der Waals surface area contributed by atoms with Crippen LogP contribution in [0.3, 0.4) is 0 Å². The number of alkyl halides is 8. The van der Waals surface area contributed by atoms with E-state index in [0.717, 1.165) is 24.5 Å². The summed E-state index contributed by atoms with van der Waals surface area (Å²) in [4.78, 5) is 73.2. The van der Waals surface area contributed by atoms with E-state index in [4.69, 9.17) is 18.9 Å². The van der Waals surface area contributed by atoms with Crippen LogP contribution in [0, 0.1) is 13.8 Å². The Labute approximate surface area is 285 Å². The van der Waals surface area contributed by atoms with Gasteiger partial charge in [0.1, 0.15) is 19.8 Å². The SMILES string of the molecule is CCOC(=O)c1sc(NC(=O)C(F)(F)C(F)(F)C(F)(F)C(F)(F)C(=O)Nc2sc(C(=O)OCC)c(C)c2C(=O)OCC)c(C(=O)OCC)c1C. The zero-order valence-electron chi connectivity index (χ0n) is 26.8. The van der Waals surface area contributed by atoms with E-state index in [2.05, 4.69) is 0 Å². The number of nitrogens with one attached hydrogen (secondary N) is 2. The van der Waals surface area contributed by atoms with Crippen LogP contribution in [-0.4, -0.2) is 85.8 Å². The molecule has 0 aliphatic rings. The molecule has 12 nitrogen and oxygen atoms in total. The van der Waals surface area contributed by atoms with Gasteiger partial charge in [-0.15, -0.1) is 22.7 Å². The molecule has 0 saturated carbocycles. The van der Waals surface area contributed by atoms with Crippen molar-refractivity contribution in [2.45, 2.75) is 65.2 Å². The highest BCUT2D eigenvalue weighted by atomic mass is 32.1. The summed E-state index contributed by atoms with van der Waals surface area (Å²) in [5.74, 6) is -40.0. The number of carbonyl (C=O) groups excluding carboxylic acids is 6. The van der Waals surface area contributed by atoms with E-state index in [1.165, 1.54) is 27.7 Å². The molecule has 278 valence electrons. The van der Waals surface area contributed by atoms with Gasteiger partial charge in [0.2, 0.25) is 0 Å². The lowest BCUT2D eigenvalue weighted by molar-refractivity contribution is -0.345. The molecule has 2 aromatic heterocycles. The second-order valence-corrected chi connectivity index (χ2v) is 11.6. The molecule has 0 radical (unpaired) electrons. The van der Waals surface area contributed by atoms with Crippen LogP contribution >= 0.6 is 22.7 Å². The zero-order chi connectivity index (χ0) is 38.6. The van der Waals surface area contributed by atoms with Gasteiger partial charge in [-0.3, -0.25) is 9.59 Å². The summed E-state index contributed by atoms with van der Waals surface area (Å²) < 4.78 is 138. The minimum absolute atomic E-state index is 0.0229. The van der Waals surface area contributed by atoms with Gasteiger partial charge in [-0.1, -0.05) is 0 Å². The molecule has 50 heavy (non-hydrogen) atoms. The Hall–Kier alpha value is -4.34. The number of amides is 2. The first kappa shape index (κ1) is 41.8. The molecule has 0 spiro atoms. The van der Waals surface area contributed by atoms with Gasteiger partial charge in [0.25, 0.3) is 0 Å². The van der Waals surface area contributed by atoms with E-state index >= 15 is 0 Å². The molecule has 2 N–H and O–H groups in total. The van der Waals surface area contributed by atoms with E-state index in [9.17, 15) is 63.9 Å². The summed E-state index contributed by atoms with van der Waals surface area (Å²) in [6.45, 7) is 6.18. The monoisotopic (exact) mass is 768 g/mol. The van der Waals surface area contributed by atoms with E-state index in [1.54, 1.807) is 0 Å². The number of anilines is 2. The van der Waals surface area contributed by atoms with Crippen LogP contribution in [0.25, 0.3) is 0 Å². The first-order valence-corrected chi connectivity index (χ1v) is 15.7. The maximum atomic E-state index is 14.9. The topological polar surface area (TPSA) is 163 Å². The maximum absolute atomic E-state index is 14.9. The first-order chi connectivity index (χ1) is 23.0. The van der Waals surface area contributed by atoms with Crippen molar-refractivity contribution >= 4 is 68.4 Å². The van der Waals surface area contributed by atoms with Crippen LogP contribution in [0.15, 0.2) is 0 Å². The van der Waals surface area contributed by atoms with Gasteiger partial charge in [-0.2, -0.15) is 35.1 Å². The number of thiophene rings is 2. The van der Waals surface area contributed by atoms with Gasteiger partial charge in [-0.05, 0) is 52.7 Å². The minimum Gasteiger partial charge on any atom is -0.462 e. The van der Waals surface area contributed by atoms with E-state index in [-0.39, 0.29) is 60.2 Å². The molecule has 0 aromatic carbocycles. The van der Waals surface area contributed by atoms with E-state index in [1.807, 2.05) is 0 Å². The average Bonchev–Trinajstić information content (AvgIpc) is 3.52. The molecule has 2 rings (SSSR count). The number of hydrogen-bond acceptors (Lipinski definition) is 12. The van der Waals surface area contributed by atoms with Crippen molar-refractivity contribution in [3.8, 4) is 0 Å². The Morgan fingerprint density at radius 2 is 0.780 bits per heavy atom. The van der Waals surface area contributed by atoms with Crippen LogP contribution in [0.5, 0.6) is 0 Å². The predicted molar refractivity (Wildman–Crippen MR) is 159 cm³/mol. The molecular weight excluding hydrogens is 740 g/mol. The number of halogens is 8. The number of carbonyl (C=O) groups is 6. The number of esters is 4. The van der Waals surface area contributed by atoms with Gasteiger partial charge in [-0.25, -0.2) is 19.2 Å². The molecule has 0 bridgehead atoms. The molecule has 0 aliphatic heterocycles. The standard InChI is InChI=1S/C28H28F8N2O10S2/c1-7-45-19(39)13-11(5)15(21(41)47-9-3)49-17(13)37-23(43)25(29,30)27(33,34)28(35,36)26(31,32)24(44)38-18-14(20(40)46-8-2)12(6)16(50-18)22(42)48-10-4/h7-10H2,1-6H3,(H,37,43)(H,38,44). The second-order valence-electron chi connectivity index (χ2n) is 9.61. The molecule has 2 amide bonds. The summed E-state index contributed by atoms with van der Waals surface area (Å²) in [5.41, 5.74) is -2.39. The van der Waals surface area contributed by atoms with Crippen LogP contribution < -0.4 is 10.6 Å². The number of hydrogen-bond donors (Lipinski definition) is 2. The summed E-state index contributed by atoms with van der Waals surface area (Å²) in [6, 6.07) is 0. The fourth-order valence-corrected chi connectivity index (χ4v) is 6.09. The van der Waals surface area contributed by atoms with Crippen molar-refractivity contribution in [2.24, 2.45) is 0 Å². The summed E-state index contributed by atoms with van der Waals surface area (Å²) >= 11 is 0.0457. The third-order valence-electron chi connectivity index (χ3n) is 6.38. The summed E-state index contributed by atoms with van der Waals surface area (Å²) in [5, 5.41) is -0.0223. The van der Waals surface area contributed by atoms with Crippen LogP contribution in [-0.2, 0) is 28.5 Å². The fraction of sp³-hybridized carbons (Fsp3) is 0.500. The lowest BCUT2D eigenvalue weighted by Gasteiger charge is -2.35. The van der Waals surface area contributed by atoms with Crippen molar-refractivity contribution in [1.29, 1.82) is 0 Å². The van der Waals surface area contributed by atoms with Gasteiger partial charge in [0, 0.05) is 0 Å². The third-order valence-corrected chi connectivity index (χ3v) is 8.76. The largest absolute Gasteiger partial charge is 0.462 e. The van der Waals surface area contributed by atoms with Crippen molar-refractivity contribution in [3.63, 3.8) is 0 Å². The molecule has 0 unspecified atom stereocenters. The van der Waals surface area contributed by atoms with Gasteiger partial charge in [0.05, 0.1) is 37.6 Å². The van der Waals surface area contributed by atoms with E-state index < -0.39 is 90.3 Å². The first-order valence-electron chi connectivity index (χ1n) is 14.1. The van der Waals surface area contributed by atoms with Crippen LogP contribution in [0.2, 0.25) is 0 Å². The van der Waals surface area contributed by atoms with Crippen molar-refractivity contribution in [3.05, 3.63) is 32.0 Å². The normalized spacial score (nSPS) is 12.2. The Kier molecular flexibility index (Phi) is 13.1. The van der Waals surface area contributed by atoms with Gasteiger partial charge >= 0.3 is 59.4 Å². The van der Waals surface area contributed by atoms with Crippen molar-refractivity contribution in [2.75, 3.05) is 37.1 Å². The van der Waals surface area contributed by atoms with Crippen LogP contribution in [0.1, 0.15) is 78.9 Å². The number of ether oxygens (including phenoxy) is 4. The Morgan fingerprint density at radius 1 is 0.520 bits per heavy atom. The fourth-order valence-electron chi connectivity index (χ4n) is 3.93. The Balaban J connectivity index is 2.55. The quantitative estimate of drug-likeness (QED) is 0.120. The molecule has 0 fully saturated rings. The third kappa shape index (κ3) is 7.54. The molecule has 0 atom stereocenters. The lowest BCUT2D eigenvalue weighted by Crippen LogP contribution is -2.67. The summed E-state index contributed by atoms with van der Waals surface area (Å²) in [7, 11) is 0. The molecule has 0 aliphatic carbocycles. The lowest BCUT2D eigenvalue weighted by atomic mass is 9.97.